The third-order valence-corrected chi connectivity index (χ3v) is 5.73. The molecule has 4 nitrogen and oxygen atoms in total. The van der Waals surface area contributed by atoms with Crippen LogP contribution < -0.4 is 4.90 Å². The fourth-order valence-corrected chi connectivity index (χ4v) is 4.11. The third-order valence-electron chi connectivity index (χ3n) is 2.94. The molecule has 0 fully saturated rings. The van der Waals surface area contributed by atoms with E-state index in [-0.39, 0.29) is 0 Å². The van der Waals surface area contributed by atoms with E-state index in [1.54, 1.807) is 22.7 Å². The molecule has 0 radical (unpaired) electrons. The van der Waals surface area contributed by atoms with E-state index in [0.29, 0.717) is 0 Å². The lowest BCUT2D eigenvalue weighted by Gasteiger charge is -2.15. The Morgan fingerprint density at radius 1 is 1.22 bits per heavy atom. The Morgan fingerprint density at radius 2 is 1.89 bits per heavy atom. The van der Waals surface area contributed by atoms with Gasteiger partial charge in [0, 0.05) is 25.8 Å². The number of hydrogen-bond donors (Lipinski definition) is 0. The summed E-state index contributed by atoms with van der Waals surface area (Å²) in [4.78, 5) is 3.34. The van der Waals surface area contributed by atoms with E-state index in [4.69, 9.17) is 12.2 Å². The number of aromatic nitrogens is 3. The van der Waals surface area contributed by atoms with Crippen LogP contribution in [0.5, 0.6) is 0 Å². The maximum absolute atomic E-state index is 5.29. The lowest BCUT2D eigenvalue weighted by molar-refractivity contribution is 0.846. The fraction of sp³-hybridized carbons (Fsp3) is 0.545. The smallest absolute Gasteiger partial charge is 0.208 e. The summed E-state index contributed by atoms with van der Waals surface area (Å²) < 4.78 is 2.90. The molecule has 2 aromatic heterocycles. The highest BCUT2D eigenvalue weighted by atomic mass is 32.1. The second-order valence-corrected chi connectivity index (χ2v) is 6.50. The maximum atomic E-state index is 5.29. The summed E-state index contributed by atoms with van der Waals surface area (Å²) in [5.74, 6) is 0. The molecule has 0 aliphatic rings. The fourth-order valence-electron chi connectivity index (χ4n) is 1.65. The molecule has 7 heteroatoms. The van der Waals surface area contributed by atoms with E-state index in [0.717, 1.165) is 37.8 Å². The van der Waals surface area contributed by atoms with Crippen LogP contribution >= 0.6 is 34.9 Å². The molecule has 2 aromatic rings. The molecule has 0 spiro atoms. The quantitative estimate of drug-likeness (QED) is 0.810. The van der Waals surface area contributed by atoms with Gasteiger partial charge < -0.3 is 9.47 Å². The second kappa shape index (κ2) is 5.46. The van der Waals surface area contributed by atoms with Crippen LogP contribution in [-0.2, 0) is 7.05 Å². The monoisotopic (exact) mass is 300 g/mol. The summed E-state index contributed by atoms with van der Waals surface area (Å²) in [6.07, 6.45) is 0. The zero-order valence-corrected chi connectivity index (χ0v) is 13.4. The predicted octanol–water partition coefficient (Wildman–Crippen LogP) is 3.49. The average Bonchev–Trinajstić information content (AvgIpc) is 2.92. The van der Waals surface area contributed by atoms with Crippen molar-refractivity contribution in [3.63, 3.8) is 0 Å². The van der Waals surface area contributed by atoms with Crippen LogP contribution in [0.15, 0.2) is 0 Å². The first-order valence-corrected chi connectivity index (χ1v) is 7.87. The van der Waals surface area contributed by atoms with Gasteiger partial charge in [-0.1, -0.05) is 11.3 Å². The molecule has 0 saturated carbocycles. The lowest BCUT2D eigenvalue weighted by Crippen LogP contribution is -2.21. The van der Waals surface area contributed by atoms with E-state index in [9.17, 15) is 0 Å². The number of thiazole rings is 1. The van der Waals surface area contributed by atoms with Crippen LogP contribution in [0, 0.1) is 10.9 Å². The van der Waals surface area contributed by atoms with Crippen molar-refractivity contribution in [3.8, 4) is 9.88 Å². The summed E-state index contributed by atoms with van der Waals surface area (Å²) in [5.41, 5.74) is 1.16. The zero-order chi connectivity index (χ0) is 13.3. The van der Waals surface area contributed by atoms with Crippen molar-refractivity contribution in [1.29, 1.82) is 0 Å². The molecule has 0 amide bonds. The zero-order valence-electron chi connectivity index (χ0n) is 10.9. The molecule has 0 N–H and O–H groups in total. The average molecular weight is 300 g/mol. The molecule has 0 aromatic carbocycles. The molecule has 0 bridgehead atoms. The first-order chi connectivity index (χ1) is 8.58. The van der Waals surface area contributed by atoms with Gasteiger partial charge in [-0.2, -0.15) is 0 Å². The van der Waals surface area contributed by atoms with Crippen LogP contribution in [0.25, 0.3) is 9.88 Å². The van der Waals surface area contributed by atoms with Gasteiger partial charge in [-0.25, -0.2) is 0 Å². The molecule has 98 valence electrons. The Bertz CT molecular complexity index is 592. The lowest BCUT2D eigenvalue weighted by atomic mass is 10.4. The van der Waals surface area contributed by atoms with Crippen LogP contribution in [0.4, 0.5) is 5.13 Å². The Hall–Kier alpha value is -0.790. The van der Waals surface area contributed by atoms with Crippen molar-refractivity contribution in [2.75, 3.05) is 18.0 Å². The van der Waals surface area contributed by atoms with Crippen LogP contribution in [0.1, 0.15) is 19.5 Å². The summed E-state index contributed by atoms with van der Waals surface area (Å²) in [5, 5.41) is 10.5. The van der Waals surface area contributed by atoms with E-state index >= 15 is 0 Å². The Morgan fingerprint density at radius 3 is 2.39 bits per heavy atom. The van der Waals surface area contributed by atoms with Crippen molar-refractivity contribution in [1.82, 2.24) is 14.8 Å². The molecule has 0 unspecified atom stereocenters. The highest BCUT2D eigenvalue weighted by Gasteiger charge is 2.15. The predicted molar refractivity (Wildman–Crippen MR) is 81.3 cm³/mol. The third kappa shape index (κ3) is 2.34. The van der Waals surface area contributed by atoms with Gasteiger partial charge in [0.05, 0.1) is 4.88 Å². The first kappa shape index (κ1) is 13.6. The molecule has 0 saturated heterocycles. The standard InChI is InChI=1S/C11H16N4S3/c1-5-15(6-2)10-13-12-9(18-10)8-7(3)14(4)11(16)17-8/h5-6H2,1-4H3. The number of nitrogens with zero attached hydrogens (tertiary/aromatic N) is 4. The summed E-state index contributed by atoms with van der Waals surface area (Å²) in [6.45, 7) is 8.23. The van der Waals surface area contributed by atoms with Gasteiger partial charge in [0.1, 0.15) is 0 Å². The minimum atomic E-state index is 0.877. The van der Waals surface area contributed by atoms with Crippen LogP contribution in [0.2, 0.25) is 0 Å². The molecule has 2 heterocycles. The Labute approximate surface area is 120 Å². The summed E-state index contributed by atoms with van der Waals surface area (Å²) in [7, 11) is 1.99. The molecule has 0 aliphatic carbocycles. The molecular formula is C11H16N4S3. The maximum Gasteiger partial charge on any atom is 0.208 e. The minimum absolute atomic E-state index is 0.877. The molecule has 2 rings (SSSR count). The topological polar surface area (TPSA) is 34.0 Å². The van der Waals surface area contributed by atoms with Crippen LogP contribution in [0.3, 0.4) is 0 Å². The summed E-state index contributed by atoms with van der Waals surface area (Å²) in [6, 6.07) is 0. The first-order valence-electron chi connectivity index (χ1n) is 5.83. The van der Waals surface area contributed by atoms with Gasteiger partial charge >= 0.3 is 0 Å². The molecule has 18 heavy (non-hydrogen) atoms. The Kier molecular flexibility index (Phi) is 4.14. The van der Waals surface area contributed by atoms with Gasteiger partial charge in [-0.15, -0.1) is 21.5 Å². The number of anilines is 1. The van der Waals surface area contributed by atoms with E-state index in [1.165, 1.54) is 0 Å². The second-order valence-electron chi connectivity index (χ2n) is 3.90. The molecule has 0 aliphatic heterocycles. The highest BCUT2D eigenvalue weighted by Crippen LogP contribution is 2.34. The number of hydrogen-bond acceptors (Lipinski definition) is 6. The summed E-state index contributed by atoms with van der Waals surface area (Å²) >= 11 is 8.53. The van der Waals surface area contributed by atoms with Gasteiger partial charge in [-0.05, 0) is 33.0 Å². The van der Waals surface area contributed by atoms with Gasteiger partial charge in [-0.3, -0.25) is 0 Å². The molecule has 0 atom stereocenters. The largest absolute Gasteiger partial charge is 0.347 e. The van der Waals surface area contributed by atoms with Crippen molar-refractivity contribution in [3.05, 3.63) is 9.65 Å². The van der Waals surface area contributed by atoms with E-state index < -0.39 is 0 Å². The highest BCUT2D eigenvalue weighted by molar-refractivity contribution is 7.73. The van der Waals surface area contributed by atoms with Crippen molar-refractivity contribution in [2.45, 2.75) is 20.8 Å². The van der Waals surface area contributed by atoms with Gasteiger partial charge in [0.2, 0.25) is 5.13 Å². The number of rotatable bonds is 4. The SMILES string of the molecule is CCN(CC)c1nnc(-c2sc(=S)n(C)c2C)s1. The van der Waals surface area contributed by atoms with E-state index in [2.05, 4.69) is 35.9 Å². The Balaban J connectivity index is 2.40. The molecular weight excluding hydrogens is 284 g/mol. The van der Waals surface area contributed by atoms with Crippen LogP contribution in [-0.4, -0.2) is 27.9 Å². The van der Waals surface area contributed by atoms with Crippen molar-refractivity contribution >= 4 is 40.0 Å². The minimum Gasteiger partial charge on any atom is -0.347 e. The van der Waals surface area contributed by atoms with Gasteiger partial charge in [0.25, 0.3) is 0 Å². The van der Waals surface area contributed by atoms with Gasteiger partial charge in [0.15, 0.2) is 8.96 Å². The van der Waals surface area contributed by atoms with Crippen molar-refractivity contribution in [2.24, 2.45) is 7.05 Å². The normalized spacial score (nSPS) is 10.9. The van der Waals surface area contributed by atoms with E-state index in [1.807, 2.05) is 11.6 Å². The van der Waals surface area contributed by atoms with Crippen molar-refractivity contribution < 1.29 is 0 Å².